The molecular formula is C11H18O. The summed E-state index contributed by atoms with van der Waals surface area (Å²) in [4.78, 5) is 11.4. The highest BCUT2D eigenvalue weighted by Gasteiger charge is 2.20. The first-order chi connectivity index (χ1) is 5.70. The van der Waals surface area contributed by atoms with Gasteiger partial charge in [-0.25, -0.2) is 0 Å². The average molecular weight is 166 g/mol. The molecule has 0 bridgehead atoms. The molecule has 1 atom stereocenters. The van der Waals surface area contributed by atoms with E-state index in [1.165, 1.54) is 12.0 Å². The third kappa shape index (κ3) is 2.80. The van der Waals surface area contributed by atoms with Crippen LogP contribution in [0.15, 0.2) is 11.6 Å². The van der Waals surface area contributed by atoms with E-state index in [0.717, 1.165) is 25.7 Å². The predicted molar refractivity (Wildman–Crippen MR) is 51.0 cm³/mol. The molecule has 0 amide bonds. The summed E-state index contributed by atoms with van der Waals surface area (Å²) < 4.78 is 0. The van der Waals surface area contributed by atoms with Crippen molar-refractivity contribution in [3.8, 4) is 0 Å². The van der Waals surface area contributed by atoms with Crippen molar-refractivity contribution in [3.63, 3.8) is 0 Å². The Balaban J connectivity index is 2.39. The van der Waals surface area contributed by atoms with Crippen molar-refractivity contribution in [1.29, 1.82) is 0 Å². The Hall–Kier alpha value is -0.590. The van der Waals surface area contributed by atoms with Crippen LogP contribution in [0.1, 0.15) is 46.0 Å². The van der Waals surface area contributed by atoms with E-state index in [9.17, 15) is 4.79 Å². The smallest absolute Gasteiger partial charge is 0.136 e. The van der Waals surface area contributed by atoms with Crippen LogP contribution in [-0.2, 0) is 4.79 Å². The first-order valence-electron chi connectivity index (χ1n) is 4.86. The van der Waals surface area contributed by atoms with Crippen LogP contribution >= 0.6 is 0 Å². The van der Waals surface area contributed by atoms with Gasteiger partial charge >= 0.3 is 0 Å². The van der Waals surface area contributed by atoms with Crippen molar-refractivity contribution < 1.29 is 4.79 Å². The summed E-state index contributed by atoms with van der Waals surface area (Å²) in [5, 5.41) is 0. The topological polar surface area (TPSA) is 17.1 Å². The highest BCUT2D eigenvalue weighted by atomic mass is 16.1. The Morgan fingerprint density at radius 1 is 1.50 bits per heavy atom. The molecule has 0 aliphatic heterocycles. The molecule has 0 unspecified atom stereocenters. The van der Waals surface area contributed by atoms with Gasteiger partial charge in [-0.2, -0.15) is 0 Å². The number of hydrogen-bond acceptors (Lipinski definition) is 1. The fourth-order valence-corrected chi connectivity index (χ4v) is 1.68. The molecule has 1 rings (SSSR count). The van der Waals surface area contributed by atoms with Gasteiger partial charge in [0.05, 0.1) is 0 Å². The van der Waals surface area contributed by atoms with E-state index in [1.807, 2.05) is 0 Å². The first-order valence-corrected chi connectivity index (χ1v) is 4.86. The number of rotatable bonds is 2. The second-order valence-corrected chi connectivity index (χ2v) is 3.93. The largest absolute Gasteiger partial charge is 0.299 e. The van der Waals surface area contributed by atoms with Gasteiger partial charge in [0.15, 0.2) is 0 Å². The van der Waals surface area contributed by atoms with Crippen LogP contribution < -0.4 is 0 Å². The van der Waals surface area contributed by atoms with Gasteiger partial charge in [-0.05, 0) is 33.1 Å². The Labute approximate surface area is 74.9 Å². The maximum Gasteiger partial charge on any atom is 0.136 e. The molecule has 0 aromatic heterocycles. The van der Waals surface area contributed by atoms with Crippen molar-refractivity contribution in [2.24, 2.45) is 5.92 Å². The zero-order valence-electron chi connectivity index (χ0n) is 8.10. The minimum absolute atomic E-state index is 0.341. The van der Waals surface area contributed by atoms with E-state index in [2.05, 4.69) is 19.9 Å². The summed E-state index contributed by atoms with van der Waals surface area (Å²) in [6.45, 7) is 4.18. The molecule has 1 heteroatoms. The van der Waals surface area contributed by atoms with Crippen molar-refractivity contribution in [2.45, 2.75) is 46.0 Å². The van der Waals surface area contributed by atoms with Crippen molar-refractivity contribution >= 4 is 5.78 Å². The number of carbonyl (C=O) groups is 1. The molecule has 0 saturated heterocycles. The Morgan fingerprint density at radius 3 is 2.83 bits per heavy atom. The standard InChI is InChI=1S/C11H18O/c1-9(2)7-8-10-5-3-4-6-11(10)12/h7,10H,3-6,8H2,1-2H3/t10-/m1/s1. The molecular weight excluding hydrogens is 148 g/mol. The number of allylic oxidation sites excluding steroid dienone is 2. The molecule has 0 radical (unpaired) electrons. The molecule has 12 heavy (non-hydrogen) atoms. The molecule has 0 aromatic carbocycles. The Morgan fingerprint density at radius 2 is 2.25 bits per heavy atom. The molecule has 1 fully saturated rings. The monoisotopic (exact) mass is 166 g/mol. The second-order valence-electron chi connectivity index (χ2n) is 3.93. The molecule has 1 aliphatic carbocycles. The maximum atomic E-state index is 11.4. The normalized spacial score (nSPS) is 23.8. The average Bonchev–Trinajstić information content (AvgIpc) is 2.03. The minimum Gasteiger partial charge on any atom is -0.299 e. The van der Waals surface area contributed by atoms with Crippen LogP contribution in [0.5, 0.6) is 0 Å². The zero-order chi connectivity index (χ0) is 8.97. The number of carbonyl (C=O) groups excluding carboxylic acids is 1. The number of ketones is 1. The maximum absolute atomic E-state index is 11.4. The quantitative estimate of drug-likeness (QED) is 0.576. The molecule has 1 aliphatic rings. The van der Waals surface area contributed by atoms with Gasteiger partial charge in [-0.3, -0.25) is 4.79 Å². The molecule has 0 spiro atoms. The highest BCUT2D eigenvalue weighted by molar-refractivity contribution is 5.81. The fourth-order valence-electron chi connectivity index (χ4n) is 1.68. The number of hydrogen-bond donors (Lipinski definition) is 0. The van der Waals surface area contributed by atoms with Crippen LogP contribution in [0.2, 0.25) is 0 Å². The SMILES string of the molecule is CC(C)=CC[C@H]1CCCCC1=O. The van der Waals surface area contributed by atoms with Crippen molar-refractivity contribution in [1.82, 2.24) is 0 Å². The van der Waals surface area contributed by atoms with Crippen LogP contribution in [0.4, 0.5) is 0 Å². The lowest BCUT2D eigenvalue weighted by molar-refractivity contribution is -0.124. The van der Waals surface area contributed by atoms with Gasteiger partial charge in [0.1, 0.15) is 5.78 Å². The van der Waals surface area contributed by atoms with Gasteiger partial charge in [0, 0.05) is 12.3 Å². The van der Waals surface area contributed by atoms with Gasteiger partial charge in [0.2, 0.25) is 0 Å². The summed E-state index contributed by atoms with van der Waals surface area (Å²) in [6.07, 6.45) is 7.45. The molecule has 68 valence electrons. The van der Waals surface area contributed by atoms with Crippen LogP contribution in [0.3, 0.4) is 0 Å². The summed E-state index contributed by atoms with van der Waals surface area (Å²) in [5.41, 5.74) is 1.33. The van der Waals surface area contributed by atoms with Gasteiger partial charge in [0.25, 0.3) is 0 Å². The summed E-state index contributed by atoms with van der Waals surface area (Å²) >= 11 is 0. The lowest BCUT2D eigenvalue weighted by Gasteiger charge is -2.18. The van der Waals surface area contributed by atoms with Crippen molar-refractivity contribution in [3.05, 3.63) is 11.6 Å². The zero-order valence-corrected chi connectivity index (χ0v) is 8.10. The molecule has 0 aromatic rings. The molecule has 0 N–H and O–H groups in total. The van der Waals surface area contributed by atoms with Crippen LogP contribution in [0, 0.1) is 5.92 Å². The molecule has 1 saturated carbocycles. The van der Waals surface area contributed by atoms with Crippen LogP contribution in [0.25, 0.3) is 0 Å². The molecule has 0 heterocycles. The summed E-state index contributed by atoms with van der Waals surface area (Å²) in [5.74, 6) is 0.826. The van der Waals surface area contributed by atoms with E-state index in [-0.39, 0.29) is 0 Å². The lowest BCUT2D eigenvalue weighted by Crippen LogP contribution is -2.18. The highest BCUT2D eigenvalue weighted by Crippen LogP contribution is 2.23. The first kappa shape index (κ1) is 9.50. The second kappa shape index (κ2) is 4.44. The predicted octanol–water partition coefficient (Wildman–Crippen LogP) is 3.10. The van der Waals surface area contributed by atoms with Crippen molar-refractivity contribution in [2.75, 3.05) is 0 Å². The van der Waals surface area contributed by atoms with E-state index in [1.54, 1.807) is 0 Å². The van der Waals surface area contributed by atoms with E-state index in [0.29, 0.717) is 11.7 Å². The minimum atomic E-state index is 0.341. The van der Waals surface area contributed by atoms with Gasteiger partial charge in [-0.15, -0.1) is 0 Å². The third-order valence-electron chi connectivity index (χ3n) is 2.49. The number of Topliss-reactive ketones (excluding diaryl/α,β-unsaturated/α-hetero) is 1. The van der Waals surface area contributed by atoms with Crippen LogP contribution in [-0.4, -0.2) is 5.78 Å². The molecule has 1 nitrogen and oxygen atoms in total. The van der Waals surface area contributed by atoms with Gasteiger partial charge < -0.3 is 0 Å². The van der Waals surface area contributed by atoms with E-state index >= 15 is 0 Å². The Bertz CT molecular complexity index is 187. The van der Waals surface area contributed by atoms with E-state index < -0.39 is 0 Å². The van der Waals surface area contributed by atoms with E-state index in [4.69, 9.17) is 0 Å². The van der Waals surface area contributed by atoms with Gasteiger partial charge in [-0.1, -0.05) is 18.1 Å². The third-order valence-corrected chi connectivity index (χ3v) is 2.49. The summed E-state index contributed by atoms with van der Waals surface area (Å²) in [7, 11) is 0. The Kier molecular flexibility index (Phi) is 3.51. The lowest BCUT2D eigenvalue weighted by atomic mass is 9.85. The summed E-state index contributed by atoms with van der Waals surface area (Å²) in [6, 6.07) is 0. The fraction of sp³-hybridized carbons (Fsp3) is 0.727.